The van der Waals surface area contributed by atoms with Crippen LogP contribution in [-0.2, 0) is 14.3 Å². The van der Waals surface area contributed by atoms with Gasteiger partial charge in [-0.15, -0.1) is 0 Å². The molecule has 128 valence electrons. The first kappa shape index (κ1) is 18.8. The highest BCUT2D eigenvalue weighted by Gasteiger charge is 2.53. The predicted octanol–water partition coefficient (Wildman–Crippen LogP) is 3.20. The first-order chi connectivity index (χ1) is 10.1. The Morgan fingerprint density at radius 2 is 1.68 bits per heavy atom. The second-order valence-electron chi connectivity index (χ2n) is 6.32. The predicted molar refractivity (Wildman–Crippen MR) is 75.0 cm³/mol. The van der Waals surface area contributed by atoms with E-state index in [-0.39, 0.29) is 17.9 Å². The smallest absolute Gasteiger partial charge is 0.402 e. The van der Waals surface area contributed by atoms with Crippen LogP contribution < -0.4 is 5.32 Å². The number of hydrogen-bond acceptors (Lipinski definition) is 3. The molecule has 0 atom stereocenters. The third-order valence-corrected chi connectivity index (χ3v) is 4.22. The topological polar surface area (TPSA) is 55.4 Å². The summed E-state index contributed by atoms with van der Waals surface area (Å²) in [7, 11) is 0. The molecular formula is C15H24F3NO3. The van der Waals surface area contributed by atoms with Gasteiger partial charge < -0.3 is 10.1 Å². The maximum atomic E-state index is 12.8. The first-order valence-electron chi connectivity index (χ1n) is 7.61. The molecular weight excluding hydrogens is 299 g/mol. The lowest BCUT2D eigenvalue weighted by Crippen LogP contribution is -2.50. The Hall–Kier alpha value is -1.27. The van der Waals surface area contributed by atoms with Gasteiger partial charge in [0.2, 0.25) is 5.91 Å². The molecule has 0 heterocycles. The van der Waals surface area contributed by atoms with Gasteiger partial charge in [-0.3, -0.25) is 9.59 Å². The van der Waals surface area contributed by atoms with Crippen molar-refractivity contribution in [1.29, 1.82) is 0 Å². The van der Waals surface area contributed by atoms with Crippen molar-refractivity contribution < 1.29 is 27.5 Å². The van der Waals surface area contributed by atoms with E-state index in [0.717, 1.165) is 13.8 Å². The molecule has 0 aliphatic heterocycles. The number of esters is 1. The molecule has 0 aromatic rings. The van der Waals surface area contributed by atoms with Gasteiger partial charge in [0.1, 0.15) is 5.41 Å². The highest BCUT2D eigenvalue weighted by molar-refractivity contribution is 5.83. The Morgan fingerprint density at radius 3 is 2.14 bits per heavy atom. The molecule has 0 radical (unpaired) electrons. The summed E-state index contributed by atoms with van der Waals surface area (Å²) in [5.74, 6) is -1.05. The standard InChI is InChI=1S/C15H24F3NO3/c1-4-22-12(20)9-10-5-7-11(8-6-10)19-13(21)14(2,3)15(16,17)18/h10-11H,4-9H2,1-3H3,(H,19,21). The molecule has 1 aliphatic rings. The number of nitrogens with one attached hydrogen (secondary N) is 1. The number of ether oxygens (including phenoxy) is 1. The third-order valence-electron chi connectivity index (χ3n) is 4.22. The molecule has 7 heteroatoms. The van der Waals surface area contributed by atoms with Crippen LogP contribution in [0.4, 0.5) is 13.2 Å². The molecule has 0 spiro atoms. The SMILES string of the molecule is CCOC(=O)CC1CCC(NC(=O)C(C)(C)C(F)(F)F)CC1. The third kappa shape index (κ3) is 4.88. The fourth-order valence-corrected chi connectivity index (χ4v) is 2.46. The largest absolute Gasteiger partial charge is 0.466 e. The van der Waals surface area contributed by atoms with E-state index in [1.165, 1.54) is 0 Å². The van der Waals surface area contributed by atoms with Crippen molar-refractivity contribution in [3.8, 4) is 0 Å². The molecule has 0 saturated heterocycles. The molecule has 22 heavy (non-hydrogen) atoms. The fraction of sp³-hybridized carbons (Fsp3) is 0.867. The molecule has 4 nitrogen and oxygen atoms in total. The van der Waals surface area contributed by atoms with E-state index in [9.17, 15) is 22.8 Å². The van der Waals surface area contributed by atoms with E-state index < -0.39 is 17.5 Å². The number of carbonyl (C=O) groups excluding carboxylic acids is 2. The van der Waals surface area contributed by atoms with Crippen LogP contribution in [0, 0.1) is 11.3 Å². The monoisotopic (exact) mass is 323 g/mol. The van der Waals surface area contributed by atoms with Crippen LogP contribution >= 0.6 is 0 Å². The van der Waals surface area contributed by atoms with Crippen molar-refractivity contribution in [2.45, 2.75) is 65.1 Å². The van der Waals surface area contributed by atoms with E-state index in [0.29, 0.717) is 38.7 Å². The van der Waals surface area contributed by atoms with Crippen LogP contribution in [0.3, 0.4) is 0 Å². The minimum Gasteiger partial charge on any atom is -0.466 e. The quantitative estimate of drug-likeness (QED) is 0.791. The Balaban J connectivity index is 2.43. The summed E-state index contributed by atoms with van der Waals surface area (Å²) >= 11 is 0. The molecule has 1 N–H and O–H groups in total. The van der Waals surface area contributed by atoms with E-state index >= 15 is 0 Å². The van der Waals surface area contributed by atoms with Crippen LogP contribution in [0.15, 0.2) is 0 Å². The zero-order chi connectivity index (χ0) is 17.0. The van der Waals surface area contributed by atoms with Crippen LogP contribution in [0.25, 0.3) is 0 Å². The fourth-order valence-electron chi connectivity index (χ4n) is 2.46. The molecule has 1 saturated carbocycles. The number of amides is 1. The maximum absolute atomic E-state index is 12.8. The lowest BCUT2D eigenvalue weighted by atomic mass is 9.83. The van der Waals surface area contributed by atoms with E-state index in [4.69, 9.17) is 4.74 Å². The summed E-state index contributed by atoms with van der Waals surface area (Å²) in [5, 5.41) is 2.49. The molecule has 1 fully saturated rings. The van der Waals surface area contributed by atoms with Crippen molar-refractivity contribution in [3.05, 3.63) is 0 Å². The summed E-state index contributed by atoms with van der Waals surface area (Å²) in [6, 6.07) is -0.257. The highest BCUT2D eigenvalue weighted by Crippen LogP contribution is 2.38. The Kier molecular flexibility index (Phi) is 6.26. The second kappa shape index (κ2) is 7.33. The molecule has 1 aliphatic carbocycles. The Morgan fingerprint density at radius 1 is 1.14 bits per heavy atom. The molecule has 1 rings (SSSR count). The van der Waals surface area contributed by atoms with Crippen LogP contribution in [0.5, 0.6) is 0 Å². The van der Waals surface area contributed by atoms with Gasteiger partial charge in [0.05, 0.1) is 6.61 Å². The number of halogens is 3. The first-order valence-corrected chi connectivity index (χ1v) is 7.61. The summed E-state index contributed by atoms with van der Waals surface area (Å²) < 4.78 is 43.3. The Labute approximate surface area is 128 Å². The molecule has 0 aromatic heterocycles. The van der Waals surface area contributed by atoms with Crippen LogP contribution in [-0.4, -0.2) is 30.7 Å². The van der Waals surface area contributed by atoms with E-state index in [1.807, 2.05) is 0 Å². The lowest BCUT2D eigenvalue weighted by Gasteiger charge is -2.32. The second-order valence-corrected chi connectivity index (χ2v) is 6.32. The van der Waals surface area contributed by atoms with Crippen molar-refractivity contribution in [2.75, 3.05) is 6.61 Å². The van der Waals surface area contributed by atoms with Gasteiger partial charge >= 0.3 is 12.1 Å². The van der Waals surface area contributed by atoms with Crippen LogP contribution in [0.1, 0.15) is 52.9 Å². The molecule has 0 aromatic carbocycles. The number of rotatable bonds is 5. The van der Waals surface area contributed by atoms with E-state index in [2.05, 4.69) is 5.32 Å². The zero-order valence-corrected chi connectivity index (χ0v) is 13.3. The van der Waals surface area contributed by atoms with Gasteiger partial charge in [0.15, 0.2) is 0 Å². The van der Waals surface area contributed by atoms with Crippen molar-refractivity contribution in [1.82, 2.24) is 5.32 Å². The van der Waals surface area contributed by atoms with Gasteiger partial charge in [0, 0.05) is 12.5 Å². The van der Waals surface area contributed by atoms with Crippen LogP contribution in [0.2, 0.25) is 0 Å². The normalized spacial score (nSPS) is 23.0. The number of carbonyl (C=O) groups is 2. The summed E-state index contributed by atoms with van der Waals surface area (Å²) in [6.45, 7) is 3.85. The average Bonchev–Trinajstić information content (AvgIpc) is 2.39. The maximum Gasteiger partial charge on any atom is 0.402 e. The van der Waals surface area contributed by atoms with Gasteiger partial charge in [-0.05, 0) is 52.4 Å². The average molecular weight is 323 g/mol. The summed E-state index contributed by atoms with van der Waals surface area (Å²) in [4.78, 5) is 23.2. The zero-order valence-electron chi connectivity index (χ0n) is 13.3. The van der Waals surface area contributed by atoms with Gasteiger partial charge in [-0.1, -0.05) is 0 Å². The summed E-state index contributed by atoms with van der Waals surface area (Å²) in [5.41, 5.74) is -2.39. The minimum atomic E-state index is -4.57. The van der Waals surface area contributed by atoms with Crippen molar-refractivity contribution >= 4 is 11.9 Å². The number of hydrogen-bond donors (Lipinski definition) is 1. The lowest BCUT2D eigenvalue weighted by molar-refractivity contribution is -0.211. The van der Waals surface area contributed by atoms with Gasteiger partial charge in [-0.25, -0.2) is 0 Å². The minimum absolute atomic E-state index is 0.183. The van der Waals surface area contributed by atoms with E-state index in [1.54, 1.807) is 6.92 Å². The summed E-state index contributed by atoms with van der Waals surface area (Å²) in [6.07, 6.45) is -1.65. The van der Waals surface area contributed by atoms with Crippen molar-refractivity contribution in [2.24, 2.45) is 11.3 Å². The molecule has 0 unspecified atom stereocenters. The highest BCUT2D eigenvalue weighted by atomic mass is 19.4. The number of alkyl halides is 3. The van der Waals surface area contributed by atoms with Gasteiger partial charge in [-0.2, -0.15) is 13.2 Å². The van der Waals surface area contributed by atoms with Gasteiger partial charge in [0.25, 0.3) is 0 Å². The molecule has 1 amide bonds. The Bertz CT molecular complexity index is 399. The van der Waals surface area contributed by atoms with Crippen molar-refractivity contribution in [3.63, 3.8) is 0 Å². The molecule has 0 bridgehead atoms.